The number of nitrogens with one attached hydrogen (secondary N) is 1. The third-order valence-corrected chi connectivity index (χ3v) is 6.06. The molecule has 2 N–H and O–H groups in total. The first kappa shape index (κ1) is 17.0. The number of carbonyl (C=O) groups is 3. The van der Waals surface area contributed by atoms with Gasteiger partial charge in [-0.05, 0) is 37.3 Å². The molecule has 1 aliphatic carbocycles. The summed E-state index contributed by atoms with van der Waals surface area (Å²) in [7, 11) is 0. The predicted molar refractivity (Wildman–Crippen MR) is 89.8 cm³/mol. The van der Waals surface area contributed by atoms with E-state index in [1.165, 1.54) is 18.3 Å². The first-order valence-corrected chi connectivity index (χ1v) is 9.17. The summed E-state index contributed by atoms with van der Waals surface area (Å²) in [6, 6.07) is 2.89. The van der Waals surface area contributed by atoms with Gasteiger partial charge in [-0.25, -0.2) is 4.79 Å². The third-order valence-electron chi connectivity index (χ3n) is 4.99. The van der Waals surface area contributed by atoms with E-state index in [0.717, 1.165) is 30.6 Å². The number of thiophene rings is 1. The molecule has 1 aromatic rings. The lowest BCUT2D eigenvalue weighted by Crippen LogP contribution is -2.46. The molecule has 1 saturated heterocycles. The van der Waals surface area contributed by atoms with Gasteiger partial charge in [0.15, 0.2) is 0 Å². The van der Waals surface area contributed by atoms with Crippen LogP contribution in [0.5, 0.6) is 0 Å². The Morgan fingerprint density at radius 1 is 1.29 bits per heavy atom. The van der Waals surface area contributed by atoms with Gasteiger partial charge in [-0.2, -0.15) is 0 Å². The van der Waals surface area contributed by atoms with Crippen LogP contribution in [0.2, 0.25) is 0 Å². The minimum Gasteiger partial charge on any atom is -0.480 e. The van der Waals surface area contributed by atoms with Crippen molar-refractivity contribution in [2.45, 2.75) is 57.7 Å². The van der Waals surface area contributed by atoms with Gasteiger partial charge in [-0.15, -0.1) is 11.3 Å². The normalized spacial score (nSPS) is 26.0. The van der Waals surface area contributed by atoms with E-state index >= 15 is 0 Å². The SMILES string of the molecule is CC(=O)NCc1ccc(C(=O)N2[C@H](C(=O)O)C[C@H]3CCCC[C@@H]32)s1. The molecule has 3 atom stereocenters. The number of carbonyl (C=O) groups excluding carboxylic acids is 2. The number of amides is 2. The molecule has 2 fully saturated rings. The number of carboxylic acids is 1. The van der Waals surface area contributed by atoms with Gasteiger partial charge in [0.1, 0.15) is 6.04 Å². The van der Waals surface area contributed by atoms with Crippen molar-refractivity contribution in [3.8, 4) is 0 Å². The molecule has 0 spiro atoms. The molecule has 130 valence electrons. The maximum atomic E-state index is 13.0. The fourth-order valence-corrected chi connectivity index (χ4v) is 4.79. The van der Waals surface area contributed by atoms with Crippen molar-refractivity contribution in [2.75, 3.05) is 0 Å². The first-order valence-electron chi connectivity index (χ1n) is 8.36. The van der Waals surface area contributed by atoms with Gasteiger partial charge in [-0.1, -0.05) is 12.8 Å². The van der Waals surface area contributed by atoms with Crippen LogP contribution in [0.25, 0.3) is 0 Å². The fourth-order valence-electron chi connectivity index (χ4n) is 3.90. The fraction of sp³-hybridized carbons (Fsp3) is 0.588. The molecule has 0 radical (unpaired) electrons. The predicted octanol–water partition coefficient (Wildman–Crippen LogP) is 2.24. The molecular weight excluding hydrogens is 328 g/mol. The zero-order chi connectivity index (χ0) is 17.3. The average molecular weight is 350 g/mol. The second kappa shape index (κ2) is 6.93. The number of hydrogen-bond donors (Lipinski definition) is 2. The highest BCUT2D eigenvalue weighted by Gasteiger charge is 2.47. The van der Waals surface area contributed by atoms with E-state index in [9.17, 15) is 19.5 Å². The molecular formula is C17H22N2O4S. The summed E-state index contributed by atoms with van der Waals surface area (Å²) in [4.78, 5) is 38.6. The Bertz CT molecular complexity index is 657. The summed E-state index contributed by atoms with van der Waals surface area (Å²) in [5, 5.41) is 12.2. The van der Waals surface area contributed by atoms with Crippen molar-refractivity contribution in [3.05, 3.63) is 21.9 Å². The Kier molecular flexibility index (Phi) is 4.89. The summed E-state index contributed by atoms with van der Waals surface area (Å²) in [5.74, 6) is -0.905. The largest absolute Gasteiger partial charge is 0.480 e. The van der Waals surface area contributed by atoms with Crippen molar-refractivity contribution in [3.63, 3.8) is 0 Å². The average Bonchev–Trinajstić information content (AvgIpc) is 3.17. The van der Waals surface area contributed by atoms with E-state index in [1.807, 2.05) is 6.07 Å². The Labute approximate surface area is 144 Å². The van der Waals surface area contributed by atoms with E-state index in [0.29, 0.717) is 23.8 Å². The summed E-state index contributed by atoms with van der Waals surface area (Å²) in [5.41, 5.74) is 0. The summed E-state index contributed by atoms with van der Waals surface area (Å²) < 4.78 is 0. The van der Waals surface area contributed by atoms with Gasteiger partial charge in [0.25, 0.3) is 5.91 Å². The van der Waals surface area contributed by atoms with Crippen molar-refractivity contribution in [2.24, 2.45) is 5.92 Å². The van der Waals surface area contributed by atoms with Crippen molar-refractivity contribution in [1.29, 1.82) is 0 Å². The highest BCUT2D eigenvalue weighted by atomic mass is 32.1. The number of hydrogen-bond acceptors (Lipinski definition) is 4. The number of fused-ring (bicyclic) bond motifs is 1. The summed E-state index contributed by atoms with van der Waals surface area (Å²) >= 11 is 1.32. The molecule has 6 nitrogen and oxygen atoms in total. The molecule has 2 amide bonds. The van der Waals surface area contributed by atoms with E-state index in [1.54, 1.807) is 11.0 Å². The number of rotatable bonds is 4. The van der Waals surface area contributed by atoms with Crippen LogP contribution in [0.4, 0.5) is 0 Å². The van der Waals surface area contributed by atoms with Gasteiger partial charge >= 0.3 is 5.97 Å². The van der Waals surface area contributed by atoms with Gasteiger partial charge in [0.2, 0.25) is 5.91 Å². The summed E-state index contributed by atoms with van der Waals surface area (Å²) in [6.45, 7) is 1.84. The molecule has 1 aliphatic heterocycles. The number of likely N-dealkylation sites (tertiary alicyclic amines) is 1. The second-order valence-electron chi connectivity index (χ2n) is 6.59. The Hall–Kier alpha value is -1.89. The molecule has 7 heteroatoms. The van der Waals surface area contributed by atoms with Gasteiger partial charge in [-0.3, -0.25) is 9.59 Å². The van der Waals surface area contributed by atoms with Crippen molar-refractivity contribution < 1.29 is 19.5 Å². The van der Waals surface area contributed by atoms with E-state index < -0.39 is 12.0 Å². The molecule has 0 unspecified atom stereocenters. The Morgan fingerprint density at radius 3 is 2.75 bits per heavy atom. The number of nitrogens with zero attached hydrogens (tertiary/aromatic N) is 1. The molecule has 0 bridgehead atoms. The third kappa shape index (κ3) is 3.31. The Balaban J connectivity index is 1.79. The molecule has 3 rings (SSSR count). The molecule has 24 heavy (non-hydrogen) atoms. The smallest absolute Gasteiger partial charge is 0.326 e. The van der Waals surface area contributed by atoms with Crippen molar-refractivity contribution in [1.82, 2.24) is 10.2 Å². The van der Waals surface area contributed by atoms with E-state index in [-0.39, 0.29) is 17.9 Å². The van der Waals surface area contributed by atoms with Crippen LogP contribution < -0.4 is 5.32 Å². The highest BCUT2D eigenvalue weighted by Crippen LogP contribution is 2.41. The monoisotopic (exact) mass is 350 g/mol. The second-order valence-corrected chi connectivity index (χ2v) is 7.76. The molecule has 2 heterocycles. The topological polar surface area (TPSA) is 86.7 Å². The lowest BCUT2D eigenvalue weighted by molar-refractivity contribution is -0.141. The minimum absolute atomic E-state index is 0.0493. The van der Waals surface area contributed by atoms with Crippen LogP contribution in [-0.4, -0.2) is 39.9 Å². The molecule has 1 aromatic heterocycles. The van der Waals surface area contributed by atoms with Gasteiger partial charge in [0.05, 0.1) is 11.4 Å². The van der Waals surface area contributed by atoms with Crippen LogP contribution in [-0.2, 0) is 16.1 Å². The quantitative estimate of drug-likeness (QED) is 0.872. The van der Waals surface area contributed by atoms with Gasteiger partial charge in [0, 0.05) is 17.8 Å². The van der Waals surface area contributed by atoms with Crippen LogP contribution in [0.15, 0.2) is 12.1 Å². The molecule has 1 saturated carbocycles. The molecule has 2 aliphatic rings. The standard InChI is InChI=1S/C17H22N2O4S/c1-10(20)18-9-12-6-7-15(24-12)16(21)19-13-5-3-2-4-11(13)8-14(19)17(22)23/h6-7,11,13-14H,2-5,8-9H2,1H3,(H,18,20)(H,22,23)/t11-,13+,14+/m1/s1. The van der Waals surface area contributed by atoms with Crippen LogP contribution >= 0.6 is 11.3 Å². The zero-order valence-electron chi connectivity index (χ0n) is 13.7. The highest BCUT2D eigenvalue weighted by molar-refractivity contribution is 7.14. The van der Waals surface area contributed by atoms with Crippen molar-refractivity contribution >= 4 is 29.1 Å². The lowest BCUT2D eigenvalue weighted by Gasteiger charge is -2.32. The van der Waals surface area contributed by atoms with E-state index in [4.69, 9.17) is 0 Å². The number of aliphatic carboxylic acids is 1. The zero-order valence-corrected chi connectivity index (χ0v) is 14.5. The maximum Gasteiger partial charge on any atom is 0.326 e. The number of carboxylic acid groups (broad SMARTS) is 1. The van der Waals surface area contributed by atoms with Crippen LogP contribution in [0.3, 0.4) is 0 Å². The molecule has 0 aromatic carbocycles. The van der Waals surface area contributed by atoms with Gasteiger partial charge < -0.3 is 15.3 Å². The lowest BCUT2D eigenvalue weighted by atomic mass is 9.85. The summed E-state index contributed by atoms with van der Waals surface area (Å²) in [6.07, 6.45) is 4.64. The maximum absolute atomic E-state index is 13.0. The van der Waals surface area contributed by atoms with Crippen LogP contribution in [0.1, 0.15) is 53.6 Å². The van der Waals surface area contributed by atoms with Crippen LogP contribution in [0, 0.1) is 5.92 Å². The van der Waals surface area contributed by atoms with E-state index in [2.05, 4.69) is 5.32 Å². The Morgan fingerprint density at radius 2 is 2.04 bits per heavy atom. The minimum atomic E-state index is -0.909. The first-order chi connectivity index (χ1) is 11.5.